The minimum atomic E-state index is -1.54. The Labute approximate surface area is 243 Å². The van der Waals surface area contributed by atoms with Gasteiger partial charge in [-0.25, -0.2) is 4.39 Å². The molecule has 8 rings (SSSR count). The highest BCUT2D eigenvalue weighted by Gasteiger charge is 2.80. The number of carbonyl (C=O) groups excluding carboxylic acids is 3. The highest BCUT2D eigenvalue weighted by molar-refractivity contribution is 6.21. The van der Waals surface area contributed by atoms with Crippen LogP contribution < -0.4 is 4.74 Å². The summed E-state index contributed by atoms with van der Waals surface area (Å²) in [6.45, 7) is 6.21. The summed E-state index contributed by atoms with van der Waals surface area (Å²) in [4.78, 5) is 44.7. The minimum absolute atomic E-state index is 0.124. The van der Waals surface area contributed by atoms with E-state index in [9.17, 15) is 19.5 Å². The van der Waals surface area contributed by atoms with E-state index < -0.39 is 52.5 Å². The highest BCUT2D eigenvalue weighted by atomic mass is 19.1. The standard InChI is InChI=1S/C33H35FN2O6/c1-31(2,3)30(40)42-32-13-12-21(36-28(38)19-6-4-5-7-20(19)29(36)39)27-33(32)23(34)16-35(15-17-8-9-17)24(32)14-18-10-11-22(37)26(41-27)25(18)33/h4-7,10-11,17,21,23-24,27,37H,8-9,12-16H2,1-3H3/t21-,23-,24-,27+,32-,33+/m1/s1. The van der Waals surface area contributed by atoms with Gasteiger partial charge < -0.3 is 14.6 Å². The van der Waals surface area contributed by atoms with Crippen molar-refractivity contribution in [2.45, 2.75) is 88.3 Å². The Morgan fingerprint density at radius 3 is 2.43 bits per heavy atom. The fourth-order valence-electron chi connectivity index (χ4n) is 8.72. The molecule has 1 N–H and O–H groups in total. The molecule has 6 aliphatic rings. The van der Waals surface area contributed by atoms with Crippen LogP contribution in [0.2, 0.25) is 0 Å². The van der Waals surface area contributed by atoms with Crippen molar-refractivity contribution >= 4 is 17.8 Å². The zero-order valence-corrected chi connectivity index (χ0v) is 24.1. The van der Waals surface area contributed by atoms with Crippen LogP contribution in [-0.2, 0) is 21.4 Å². The minimum Gasteiger partial charge on any atom is -0.504 e. The first-order valence-corrected chi connectivity index (χ1v) is 15.1. The van der Waals surface area contributed by atoms with Gasteiger partial charge in [0, 0.05) is 18.7 Å². The van der Waals surface area contributed by atoms with E-state index in [1.54, 1.807) is 51.1 Å². The number of phenols is 1. The number of imide groups is 1. The second-order valence-electron chi connectivity index (χ2n) is 14.1. The second kappa shape index (κ2) is 8.34. The molecule has 0 radical (unpaired) electrons. The Morgan fingerprint density at radius 1 is 1.10 bits per heavy atom. The molecular weight excluding hydrogens is 539 g/mol. The molecular formula is C33H35FN2O6. The molecule has 6 atom stereocenters. The van der Waals surface area contributed by atoms with E-state index in [4.69, 9.17) is 9.47 Å². The largest absolute Gasteiger partial charge is 0.504 e. The van der Waals surface area contributed by atoms with Crippen molar-refractivity contribution in [3.05, 3.63) is 58.7 Å². The molecule has 2 amide bonds. The van der Waals surface area contributed by atoms with Crippen molar-refractivity contribution < 1.29 is 33.4 Å². The summed E-state index contributed by atoms with van der Waals surface area (Å²) in [5.74, 6) is -0.760. The van der Waals surface area contributed by atoms with Crippen LogP contribution in [0.1, 0.15) is 78.3 Å². The number of nitrogens with zero attached hydrogens (tertiary/aromatic N) is 2. The quantitative estimate of drug-likeness (QED) is 0.433. The lowest BCUT2D eigenvalue weighted by Crippen LogP contribution is -2.83. The van der Waals surface area contributed by atoms with E-state index in [-0.39, 0.29) is 36.9 Å². The lowest BCUT2D eigenvalue weighted by atomic mass is 9.47. The lowest BCUT2D eigenvalue weighted by Gasteiger charge is -2.66. The Hall–Kier alpha value is -3.46. The Balaban J connectivity index is 1.34. The number of aromatic hydroxyl groups is 1. The third-order valence-corrected chi connectivity index (χ3v) is 10.7. The molecule has 2 saturated carbocycles. The molecule has 3 fully saturated rings. The van der Waals surface area contributed by atoms with Crippen molar-refractivity contribution in [1.82, 2.24) is 9.80 Å². The Kier molecular flexibility index (Phi) is 5.20. The number of alkyl halides is 1. The summed E-state index contributed by atoms with van der Waals surface area (Å²) in [6, 6.07) is 8.96. The van der Waals surface area contributed by atoms with Gasteiger partial charge in [-0.1, -0.05) is 18.2 Å². The molecule has 2 bridgehead atoms. The fourth-order valence-corrected chi connectivity index (χ4v) is 8.72. The van der Waals surface area contributed by atoms with Gasteiger partial charge in [-0.2, -0.15) is 0 Å². The van der Waals surface area contributed by atoms with Crippen LogP contribution in [0.25, 0.3) is 0 Å². The molecule has 42 heavy (non-hydrogen) atoms. The van der Waals surface area contributed by atoms with Gasteiger partial charge in [-0.05, 0) is 82.6 Å². The number of ether oxygens (including phenoxy) is 2. The molecule has 1 spiro atoms. The predicted molar refractivity (Wildman–Crippen MR) is 149 cm³/mol. The maximum atomic E-state index is 17.5. The first-order valence-electron chi connectivity index (χ1n) is 15.1. The predicted octanol–water partition coefficient (Wildman–Crippen LogP) is 4.17. The molecule has 8 nitrogen and oxygen atoms in total. The van der Waals surface area contributed by atoms with E-state index in [2.05, 4.69) is 4.90 Å². The van der Waals surface area contributed by atoms with Crippen LogP contribution in [0.5, 0.6) is 11.5 Å². The van der Waals surface area contributed by atoms with Crippen molar-refractivity contribution in [3.63, 3.8) is 0 Å². The van der Waals surface area contributed by atoms with E-state index in [0.29, 0.717) is 29.0 Å². The number of fused-ring (bicyclic) bond motifs is 1. The summed E-state index contributed by atoms with van der Waals surface area (Å²) in [6.07, 6.45) is 0.682. The average molecular weight is 575 g/mol. The number of likely N-dealkylation sites (tertiary alicyclic amines) is 1. The number of amides is 2. The number of hydrogen-bond donors (Lipinski definition) is 1. The van der Waals surface area contributed by atoms with Crippen LogP contribution >= 0.6 is 0 Å². The fraction of sp³-hybridized carbons (Fsp3) is 0.545. The zero-order chi connectivity index (χ0) is 29.3. The van der Waals surface area contributed by atoms with Crippen molar-refractivity contribution in [3.8, 4) is 11.5 Å². The molecule has 2 aromatic rings. The van der Waals surface area contributed by atoms with E-state index in [0.717, 1.165) is 24.9 Å². The SMILES string of the molecule is CC(C)(C)C(=O)O[C@@]12CC[C@@H](N3C(=O)c4ccccc4C3=O)[C@@H]3Oc4c(O)ccc5c4[C@@]31[C@H](F)CN(CC1CC1)[C@@H]2C5. The van der Waals surface area contributed by atoms with Crippen LogP contribution in [0.3, 0.4) is 0 Å². The molecule has 0 aromatic heterocycles. The first kappa shape index (κ1) is 26.2. The van der Waals surface area contributed by atoms with Gasteiger partial charge in [0.05, 0.1) is 28.6 Å². The summed E-state index contributed by atoms with van der Waals surface area (Å²) in [7, 11) is 0. The molecule has 220 valence electrons. The van der Waals surface area contributed by atoms with Gasteiger partial charge in [0.1, 0.15) is 23.3 Å². The normalized spacial score (nSPS) is 34.6. The summed E-state index contributed by atoms with van der Waals surface area (Å²) >= 11 is 0. The number of phenolic OH excluding ortho intramolecular Hbond substituents is 1. The van der Waals surface area contributed by atoms with Crippen LogP contribution in [0, 0.1) is 11.3 Å². The van der Waals surface area contributed by atoms with Gasteiger partial charge in [0.2, 0.25) is 0 Å². The molecule has 3 aliphatic heterocycles. The topological polar surface area (TPSA) is 96.4 Å². The van der Waals surface area contributed by atoms with Gasteiger partial charge in [0.25, 0.3) is 11.8 Å². The van der Waals surface area contributed by atoms with Gasteiger partial charge in [-0.3, -0.25) is 24.2 Å². The summed E-state index contributed by atoms with van der Waals surface area (Å²) in [5, 5.41) is 11.1. The summed E-state index contributed by atoms with van der Waals surface area (Å²) < 4.78 is 30.8. The summed E-state index contributed by atoms with van der Waals surface area (Å²) in [5.41, 5.74) is -1.65. The average Bonchev–Trinajstić information content (AvgIpc) is 3.63. The third-order valence-electron chi connectivity index (χ3n) is 10.7. The van der Waals surface area contributed by atoms with Crippen molar-refractivity contribution in [1.29, 1.82) is 0 Å². The smallest absolute Gasteiger partial charge is 0.311 e. The number of hydrogen-bond acceptors (Lipinski definition) is 7. The van der Waals surface area contributed by atoms with Crippen molar-refractivity contribution in [2.24, 2.45) is 11.3 Å². The Bertz CT molecular complexity index is 1530. The highest BCUT2D eigenvalue weighted by Crippen LogP contribution is 2.68. The second-order valence-corrected chi connectivity index (χ2v) is 14.1. The van der Waals surface area contributed by atoms with E-state index in [1.807, 2.05) is 6.07 Å². The maximum absolute atomic E-state index is 17.5. The molecule has 0 unspecified atom stereocenters. The van der Waals surface area contributed by atoms with Gasteiger partial charge >= 0.3 is 5.97 Å². The number of halogens is 1. The third kappa shape index (κ3) is 3.12. The van der Waals surface area contributed by atoms with Crippen LogP contribution in [0.15, 0.2) is 36.4 Å². The van der Waals surface area contributed by atoms with Crippen LogP contribution in [0.4, 0.5) is 4.39 Å². The number of esters is 1. The number of benzene rings is 2. The number of rotatable bonds is 4. The van der Waals surface area contributed by atoms with Crippen molar-refractivity contribution in [2.75, 3.05) is 13.1 Å². The lowest BCUT2D eigenvalue weighted by molar-refractivity contribution is -0.244. The number of carbonyl (C=O) groups is 3. The molecule has 9 heteroatoms. The molecule has 3 aliphatic carbocycles. The molecule has 3 heterocycles. The van der Waals surface area contributed by atoms with E-state index >= 15 is 4.39 Å². The molecule has 2 aromatic carbocycles. The van der Waals surface area contributed by atoms with E-state index in [1.165, 1.54) is 4.90 Å². The van der Waals surface area contributed by atoms with Gasteiger partial charge in [0.15, 0.2) is 11.5 Å². The Morgan fingerprint density at radius 2 is 1.79 bits per heavy atom. The monoisotopic (exact) mass is 574 g/mol. The maximum Gasteiger partial charge on any atom is 0.311 e. The zero-order valence-electron chi connectivity index (χ0n) is 24.1. The van der Waals surface area contributed by atoms with Crippen LogP contribution in [-0.4, -0.2) is 75.7 Å². The number of piperidine rings is 1. The first-order chi connectivity index (χ1) is 20.0. The molecule has 1 saturated heterocycles. The van der Waals surface area contributed by atoms with Gasteiger partial charge in [-0.15, -0.1) is 0 Å².